The molecule has 0 unspecified atom stereocenters. The van der Waals surface area contributed by atoms with Crippen LogP contribution in [0.1, 0.15) is 102 Å². The van der Waals surface area contributed by atoms with Crippen molar-refractivity contribution in [2.75, 3.05) is 6.61 Å². The fraction of sp³-hybridized carbons (Fsp3) is 0.720. The van der Waals surface area contributed by atoms with Gasteiger partial charge in [0.05, 0.1) is 6.61 Å². The third-order valence-electron chi connectivity index (χ3n) is 5.46. The van der Waals surface area contributed by atoms with Crippen molar-refractivity contribution in [3.05, 3.63) is 29.8 Å². The molecule has 0 radical (unpaired) electrons. The van der Waals surface area contributed by atoms with Crippen molar-refractivity contribution in [1.29, 1.82) is 0 Å². The highest BCUT2D eigenvalue weighted by molar-refractivity contribution is 5.73. The lowest BCUT2D eigenvalue weighted by Crippen LogP contribution is -2.32. The fourth-order valence-corrected chi connectivity index (χ4v) is 3.55. The molecule has 166 valence electrons. The van der Waals surface area contributed by atoms with Crippen LogP contribution in [-0.2, 0) is 11.2 Å². The lowest BCUT2D eigenvalue weighted by atomic mass is 10.0. The highest BCUT2D eigenvalue weighted by atomic mass is 16.5. The Kier molecular flexibility index (Phi) is 15.2. The first-order valence-electron chi connectivity index (χ1n) is 11.8. The summed E-state index contributed by atoms with van der Waals surface area (Å²) in [4.78, 5) is 10.8. The molecule has 4 nitrogen and oxygen atoms in total. The van der Waals surface area contributed by atoms with E-state index in [0.717, 1.165) is 24.3 Å². The van der Waals surface area contributed by atoms with Gasteiger partial charge >= 0.3 is 5.97 Å². The number of rotatable bonds is 19. The van der Waals surface area contributed by atoms with E-state index in [0.29, 0.717) is 6.42 Å². The topological polar surface area (TPSA) is 72.5 Å². The molecule has 3 N–H and O–H groups in total. The van der Waals surface area contributed by atoms with Gasteiger partial charge in [0, 0.05) is 0 Å². The van der Waals surface area contributed by atoms with Gasteiger partial charge in [-0.25, -0.2) is 0 Å². The van der Waals surface area contributed by atoms with Crippen molar-refractivity contribution in [1.82, 2.24) is 0 Å². The van der Waals surface area contributed by atoms with Gasteiger partial charge in [-0.2, -0.15) is 0 Å². The van der Waals surface area contributed by atoms with Crippen molar-refractivity contribution in [3.63, 3.8) is 0 Å². The molecule has 1 aromatic carbocycles. The fourth-order valence-electron chi connectivity index (χ4n) is 3.55. The summed E-state index contributed by atoms with van der Waals surface area (Å²) in [7, 11) is 0. The molecule has 0 saturated heterocycles. The first-order valence-corrected chi connectivity index (χ1v) is 11.8. The zero-order chi connectivity index (χ0) is 21.2. The summed E-state index contributed by atoms with van der Waals surface area (Å²) in [6.07, 6.45) is 19.3. The molecule has 0 heterocycles. The number of aliphatic carboxylic acids is 1. The maximum Gasteiger partial charge on any atom is 0.320 e. The summed E-state index contributed by atoms with van der Waals surface area (Å²) in [5.74, 6) is -0.129. The Labute approximate surface area is 178 Å². The van der Waals surface area contributed by atoms with Crippen molar-refractivity contribution in [2.45, 2.75) is 109 Å². The number of carbonyl (C=O) groups is 1. The third kappa shape index (κ3) is 14.1. The zero-order valence-corrected chi connectivity index (χ0v) is 18.5. The van der Waals surface area contributed by atoms with E-state index in [2.05, 4.69) is 6.92 Å². The summed E-state index contributed by atoms with van der Waals surface area (Å²) in [6.45, 7) is 3.02. The van der Waals surface area contributed by atoms with E-state index in [1.807, 2.05) is 24.3 Å². The smallest absolute Gasteiger partial charge is 0.320 e. The zero-order valence-electron chi connectivity index (χ0n) is 18.5. The van der Waals surface area contributed by atoms with E-state index < -0.39 is 12.0 Å². The van der Waals surface area contributed by atoms with E-state index in [1.165, 1.54) is 83.5 Å². The SMILES string of the molecule is CCCCCCCCCCCCCCCCOc1ccc(C[C@H](N)C(=O)O)cc1. The minimum absolute atomic E-state index is 0.342. The summed E-state index contributed by atoms with van der Waals surface area (Å²) >= 11 is 0. The number of ether oxygens (including phenoxy) is 1. The molecule has 1 atom stereocenters. The van der Waals surface area contributed by atoms with E-state index in [1.54, 1.807) is 0 Å². The van der Waals surface area contributed by atoms with Crippen molar-refractivity contribution in [2.24, 2.45) is 5.73 Å². The maximum atomic E-state index is 10.8. The van der Waals surface area contributed by atoms with Gasteiger partial charge < -0.3 is 15.6 Å². The molecule has 4 heteroatoms. The molecule has 0 aliphatic heterocycles. The van der Waals surface area contributed by atoms with Crippen LogP contribution in [0.2, 0.25) is 0 Å². The minimum atomic E-state index is -0.969. The van der Waals surface area contributed by atoms with Crippen LogP contribution in [0.5, 0.6) is 5.75 Å². The Hall–Kier alpha value is -1.55. The Morgan fingerprint density at radius 2 is 1.28 bits per heavy atom. The maximum absolute atomic E-state index is 10.8. The van der Waals surface area contributed by atoms with E-state index >= 15 is 0 Å². The summed E-state index contributed by atoms with van der Waals surface area (Å²) in [6, 6.07) is 6.73. The molecule has 29 heavy (non-hydrogen) atoms. The molecule has 0 aliphatic carbocycles. The Morgan fingerprint density at radius 3 is 1.72 bits per heavy atom. The van der Waals surface area contributed by atoms with E-state index in [9.17, 15) is 4.79 Å². The van der Waals surface area contributed by atoms with Gasteiger partial charge in [0.25, 0.3) is 0 Å². The lowest BCUT2D eigenvalue weighted by molar-refractivity contribution is -0.138. The molecular weight excluding hydrogens is 362 g/mol. The van der Waals surface area contributed by atoms with Crippen LogP contribution < -0.4 is 10.5 Å². The quantitative estimate of drug-likeness (QED) is 0.258. The molecule has 1 rings (SSSR count). The van der Waals surface area contributed by atoms with Crippen LogP contribution in [0.3, 0.4) is 0 Å². The number of benzene rings is 1. The largest absolute Gasteiger partial charge is 0.494 e. The highest BCUT2D eigenvalue weighted by Gasteiger charge is 2.11. The van der Waals surface area contributed by atoms with Gasteiger partial charge in [-0.3, -0.25) is 4.79 Å². The summed E-state index contributed by atoms with van der Waals surface area (Å²) in [5, 5.41) is 8.85. The van der Waals surface area contributed by atoms with Gasteiger partial charge in [0.1, 0.15) is 11.8 Å². The third-order valence-corrected chi connectivity index (χ3v) is 5.46. The average Bonchev–Trinajstić information content (AvgIpc) is 2.72. The van der Waals surface area contributed by atoms with Crippen molar-refractivity contribution >= 4 is 5.97 Å². The van der Waals surface area contributed by atoms with Gasteiger partial charge in [0.15, 0.2) is 0 Å². The highest BCUT2D eigenvalue weighted by Crippen LogP contribution is 2.15. The second kappa shape index (κ2) is 17.3. The van der Waals surface area contributed by atoms with Crippen molar-refractivity contribution in [3.8, 4) is 5.75 Å². The molecule has 0 aromatic heterocycles. The molecule has 0 aliphatic rings. The van der Waals surface area contributed by atoms with Crippen LogP contribution in [0, 0.1) is 0 Å². The average molecular weight is 406 g/mol. The van der Waals surface area contributed by atoms with Crippen LogP contribution >= 0.6 is 0 Å². The van der Waals surface area contributed by atoms with Crippen LogP contribution in [0.4, 0.5) is 0 Å². The standard InChI is InChI=1S/C25H43NO3/c1-2-3-4-5-6-7-8-9-10-11-12-13-14-15-20-29-23-18-16-22(17-19-23)21-24(26)25(27)28/h16-19,24H,2-15,20-21,26H2,1H3,(H,27,28)/t24-/m0/s1. The summed E-state index contributed by atoms with van der Waals surface area (Å²) in [5.41, 5.74) is 6.47. The predicted molar refractivity (Wildman–Crippen MR) is 122 cm³/mol. The number of hydrogen-bond acceptors (Lipinski definition) is 3. The van der Waals surface area contributed by atoms with Crippen molar-refractivity contribution < 1.29 is 14.6 Å². The number of unbranched alkanes of at least 4 members (excludes halogenated alkanes) is 13. The molecule has 0 spiro atoms. The molecule has 0 fully saturated rings. The molecular formula is C25H43NO3. The minimum Gasteiger partial charge on any atom is -0.494 e. The van der Waals surface area contributed by atoms with Gasteiger partial charge in [-0.15, -0.1) is 0 Å². The predicted octanol–water partition coefficient (Wildman–Crippen LogP) is 6.50. The Morgan fingerprint density at radius 1 is 0.828 bits per heavy atom. The summed E-state index contributed by atoms with van der Waals surface area (Å²) < 4.78 is 5.77. The van der Waals surface area contributed by atoms with Gasteiger partial charge in [0.2, 0.25) is 0 Å². The van der Waals surface area contributed by atoms with Gasteiger partial charge in [-0.05, 0) is 30.5 Å². The van der Waals surface area contributed by atoms with Crippen LogP contribution in [0.15, 0.2) is 24.3 Å². The van der Waals surface area contributed by atoms with Crippen LogP contribution in [0.25, 0.3) is 0 Å². The van der Waals surface area contributed by atoms with E-state index in [4.69, 9.17) is 15.6 Å². The number of nitrogens with two attached hydrogens (primary N) is 1. The lowest BCUT2D eigenvalue weighted by Gasteiger charge is -2.09. The van der Waals surface area contributed by atoms with Crippen LogP contribution in [-0.4, -0.2) is 23.7 Å². The molecule has 1 aromatic rings. The molecule has 0 bridgehead atoms. The number of carboxylic acids is 1. The second-order valence-corrected chi connectivity index (χ2v) is 8.24. The number of carboxylic acid groups (broad SMARTS) is 1. The number of hydrogen-bond donors (Lipinski definition) is 2. The van der Waals surface area contributed by atoms with E-state index in [-0.39, 0.29) is 0 Å². The monoisotopic (exact) mass is 405 g/mol. The second-order valence-electron chi connectivity index (χ2n) is 8.24. The first kappa shape index (κ1) is 25.5. The Bertz CT molecular complexity index is 515. The molecule has 0 saturated carbocycles. The Balaban J connectivity index is 1.90. The first-order chi connectivity index (χ1) is 14.1. The van der Waals surface area contributed by atoms with Gasteiger partial charge in [-0.1, -0.05) is 103 Å². The molecule has 0 amide bonds. The normalized spacial score (nSPS) is 12.1.